The second kappa shape index (κ2) is 7.62. The van der Waals surface area contributed by atoms with Crippen LogP contribution < -0.4 is 0 Å². The number of halogens is 1. The number of rotatable bonds is 4. The van der Waals surface area contributed by atoms with Crippen LogP contribution in [0.3, 0.4) is 0 Å². The van der Waals surface area contributed by atoms with E-state index in [0.717, 1.165) is 43.5 Å². The van der Waals surface area contributed by atoms with Crippen molar-refractivity contribution in [3.05, 3.63) is 34.6 Å². The zero-order chi connectivity index (χ0) is 17.1. The third kappa shape index (κ3) is 3.62. The van der Waals surface area contributed by atoms with Gasteiger partial charge in [0.05, 0.1) is 18.8 Å². The average Bonchev–Trinajstić information content (AvgIpc) is 2.61. The molecule has 5 heteroatoms. The topological polar surface area (TPSA) is 38.8 Å². The fourth-order valence-corrected chi connectivity index (χ4v) is 3.84. The maximum absolute atomic E-state index is 14.5. The summed E-state index contributed by atoms with van der Waals surface area (Å²) in [5.41, 5.74) is 1.93. The SMILES string of the molecule is CC[C@@H]1Cc2c(F)cc(C(=O)OC)cc2CN1C[C@H]1CCCCO1. The molecule has 0 saturated carbocycles. The predicted octanol–water partition coefficient (Wildman–Crippen LogP) is 3.32. The van der Waals surface area contributed by atoms with Crippen LogP contribution in [0, 0.1) is 5.82 Å². The molecule has 0 N–H and O–H groups in total. The highest BCUT2D eigenvalue weighted by Crippen LogP contribution is 2.29. The lowest BCUT2D eigenvalue weighted by Crippen LogP contribution is -2.45. The molecule has 3 rings (SSSR count). The summed E-state index contributed by atoms with van der Waals surface area (Å²) in [4.78, 5) is 14.1. The van der Waals surface area contributed by atoms with Crippen molar-refractivity contribution in [1.82, 2.24) is 4.90 Å². The summed E-state index contributed by atoms with van der Waals surface area (Å²) in [7, 11) is 1.32. The van der Waals surface area contributed by atoms with Crippen LogP contribution in [-0.4, -0.2) is 43.3 Å². The van der Waals surface area contributed by atoms with E-state index in [1.165, 1.54) is 19.6 Å². The van der Waals surface area contributed by atoms with E-state index >= 15 is 0 Å². The van der Waals surface area contributed by atoms with Crippen LogP contribution in [0.15, 0.2) is 12.1 Å². The monoisotopic (exact) mass is 335 g/mol. The smallest absolute Gasteiger partial charge is 0.337 e. The summed E-state index contributed by atoms with van der Waals surface area (Å²) in [6.07, 6.45) is 5.38. The van der Waals surface area contributed by atoms with Crippen molar-refractivity contribution in [2.24, 2.45) is 0 Å². The number of carbonyl (C=O) groups excluding carboxylic acids is 1. The number of nitrogens with zero attached hydrogens (tertiary/aromatic N) is 1. The molecule has 4 nitrogen and oxygen atoms in total. The van der Waals surface area contributed by atoms with Gasteiger partial charge >= 0.3 is 5.97 Å². The van der Waals surface area contributed by atoms with Crippen molar-refractivity contribution in [3.8, 4) is 0 Å². The molecule has 1 fully saturated rings. The van der Waals surface area contributed by atoms with Gasteiger partial charge in [-0.2, -0.15) is 0 Å². The van der Waals surface area contributed by atoms with Gasteiger partial charge in [0.2, 0.25) is 0 Å². The summed E-state index contributed by atoms with van der Waals surface area (Å²) < 4.78 is 25.1. The van der Waals surface area contributed by atoms with Gasteiger partial charge in [0.25, 0.3) is 0 Å². The third-order valence-corrected chi connectivity index (χ3v) is 5.22. The average molecular weight is 335 g/mol. The van der Waals surface area contributed by atoms with Gasteiger partial charge in [-0.3, -0.25) is 4.90 Å². The zero-order valence-electron chi connectivity index (χ0n) is 14.5. The van der Waals surface area contributed by atoms with E-state index in [0.29, 0.717) is 19.0 Å². The lowest BCUT2D eigenvalue weighted by molar-refractivity contribution is -0.0182. The van der Waals surface area contributed by atoms with Gasteiger partial charge < -0.3 is 9.47 Å². The highest BCUT2D eigenvalue weighted by molar-refractivity contribution is 5.89. The first-order chi connectivity index (χ1) is 11.6. The Labute approximate surface area is 142 Å². The van der Waals surface area contributed by atoms with Crippen molar-refractivity contribution < 1.29 is 18.7 Å². The molecule has 0 bridgehead atoms. The Hall–Kier alpha value is -1.46. The number of esters is 1. The Morgan fingerprint density at radius 3 is 2.92 bits per heavy atom. The van der Waals surface area contributed by atoms with Crippen molar-refractivity contribution in [1.29, 1.82) is 0 Å². The third-order valence-electron chi connectivity index (χ3n) is 5.22. The number of benzene rings is 1. The van der Waals surface area contributed by atoms with Gasteiger partial charge in [0, 0.05) is 25.7 Å². The number of carbonyl (C=O) groups is 1. The van der Waals surface area contributed by atoms with Gasteiger partial charge in [0.15, 0.2) is 0 Å². The second-order valence-corrected chi connectivity index (χ2v) is 6.77. The Morgan fingerprint density at radius 2 is 2.25 bits per heavy atom. The minimum absolute atomic E-state index is 0.267. The van der Waals surface area contributed by atoms with Gasteiger partial charge in [0.1, 0.15) is 5.82 Å². The normalized spacial score (nSPS) is 24.5. The van der Waals surface area contributed by atoms with Crippen LogP contribution in [0.4, 0.5) is 4.39 Å². The molecular formula is C19H26FNO3. The second-order valence-electron chi connectivity index (χ2n) is 6.77. The fraction of sp³-hybridized carbons (Fsp3) is 0.632. The van der Waals surface area contributed by atoms with Crippen LogP contribution in [0.25, 0.3) is 0 Å². The summed E-state index contributed by atoms with van der Waals surface area (Å²) in [5.74, 6) is -0.781. The summed E-state index contributed by atoms with van der Waals surface area (Å²) in [5, 5.41) is 0. The molecule has 2 atom stereocenters. The van der Waals surface area contributed by atoms with E-state index < -0.39 is 5.97 Å². The van der Waals surface area contributed by atoms with Crippen LogP contribution >= 0.6 is 0 Å². The molecule has 132 valence electrons. The number of methoxy groups -OCH3 is 1. The van der Waals surface area contributed by atoms with Crippen molar-refractivity contribution in [2.75, 3.05) is 20.3 Å². The fourth-order valence-electron chi connectivity index (χ4n) is 3.84. The maximum Gasteiger partial charge on any atom is 0.337 e. The van der Waals surface area contributed by atoms with E-state index in [1.807, 2.05) is 0 Å². The highest BCUT2D eigenvalue weighted by atomic mass is 19.1. The number of hydrogen-bond donors (Lipinski definition) is 0. The zero-order valence-corrected chi connectivity index (χ0v) is 14.5. The first-order valence-corrected chi connectivity index (χ1v) is 8.87. The molecule has 0 radical (unpaired) electrons. The van der Waals surface area contributed by atoms with E-state index in [-0.39, 0.29) is 17.5 Å². The van der Waals surface area contributed by atoms with Crippen LogP contribution in [-0.2, 0) is 22.4 Å². The van der Waals surface area contributed by atoms with Crippen LogP contribution in [0.1, 0.15) is 54.1 Å². The Kier molecular flexibility index (Phi) is 5.51. The molecule has 1 aromatic carbocycles. The summed E-state index contributed by atoms with van der Waals surface area (Å²) in [6.45, 7) is 4.52. The molecule has 2 aliphatic heterocycles. The lowest BCUT2D eigenvalue weighted by atomic mass is 9.90. The largest absolute Gasteiger partial charge is 0.465 e. The van der Waals surface area contributed by atoms with Gasteiger partial charge in [-0.05, 0) is 55.4 Å². The van der Waals surface area contributed by atoms with Crippen molar-refractivity contribution in [3.63, 3.8) is 0 Å². The van der Waals surface area contributed by atoms with E-state index in [9.17, 15) is 9.18 Å². The first kappa shape index (κ1) is 17.4. The number of ether oxygens (including phenoxy) is 2. The molecule has 2 heterocycles. The van der Waals surface area contributed by atoms with Crippen molar-refractivity contribution in [2.45, 2.75) is 57.7 Å². The standard InChI is InChI=1S/C19H26FNO3/c1-3-15-10-17-14(8-13(9-18(17)20)19(22)23-2)11-21(15)12-16-6-4-5-7-24-16/h8-9,15-16H,3-7,10-12H2,1-2H3/t15-,16-/m1/s1. The molecule has 0 spiro atoms. The Balaban J connectivity index is 1.82. The molecule has 0 amide bonds. The maximum atomic E-state index is 14.5. The van der Waals surface area contributed by atoms with Crippen LogP contribution in [0.5, 0.6) is 0 Å². The van der Waals surface area contributed by atoms with E-state index in [1.54, 1.807) is 6.07 Å². The minimum atomic E-state index is -0.489. The molecule has 24 heavy (non-hydrogen) atoms. The first-order valence-electron chi connectivity index (χ1n) is 8.87. The Bertz CT molecular complexity index is 599. The Morgan fingerprint density at radius 1 is 1.42 bits per heavy atom. The van der Waals surface area contributed by atoms with Gasteiger partial charge in [-0.25, -0.2) is 9.18 Å². The summed E-state index contributed by atoms with van der Waals surface area (Å²) in [6, 6.07) is 3.41. The molecule has 0 unspecified atom stereocenters. The summed E-state index contributed by atoms with van der Waals surface area (Å²) >= 11 is 0. The molecule has 0 aliphatic carbocycles. The molecular weight excluding hydrogens is 309 g/mol. The van der Waals surface area contributed by atoms with Crippen LogP contribution in [0.2, 0.25) is 0 Å². The van der Waals surface area contributed by atoms with Crippen molar-refractivity contribution >= 4 is 5.97 Å². The quantitative estimate of drug-likeness (QED) is 0.791. The van der Waals surface area contributed by atoms with Gasteiger partial charge in [-0.1, -0.05) is 6.92 Å². The molecule has 1 saturated heterocycles. The van der Waals surface area contributed by atoms with E-state index in [2.05, 4.69) is 11.8 Å². The lowest BCUT2D eigenvalue weighted by Gasteiger charge is -2.39. The van der Waals surface area contributed by atoms with Gasteiger partial charge in [-0.15, -0.1) is 0 Å². The molecule has 2 aliphatic rings. The molecule has 1 aromatic rings. The minimum Gasteiger partial charge on any atom is -0.465 e. The molecule has 0 aromatic heterocycles. The number of hydrogen-bond acceptors (Lipinski definition) is 4. The van der Waals surface area contributed by atoms with E-state index in [4.69, 9.17) is 9.47 Å². The predicted molar refractivity (Wildman–Crippen MR) is 89.5 cm³/mol. The highest BCUT2D eigenvalue weighted by Gasteiger charge is 2.30. The number of fused-ring (bicyclic) bond motifs is 1.